The van der Waals surface area contributed by atoms with Gasteiger partial charge in [0.1, 0.15) is 6.61 Å². The number of hydrogen-bond donors (Lipinski definition) is 3. The average Bonchev–Trinajstić information content (AvgIpc) is 3.11. The molecule has 2 aromatic carbocycles. The monoisotopic (exact) mass is 464 g/mol. The Kier molecular flexibility index (Phi) is 7.50. The number of carboxylic acid groups (broad SMARTS) is 1. The zero-order valence-electron chi connectivity index (χ0n) is 19.5. The minimum atomic E-state index is -0.912. The van der Waals surface area contributed by atoms with E-state index in [1.165, 1.54) is 11.1 Å². The highest BCUT2D eigenvalue weighted by Gasteiger charge is 2.37. The quantitative estimate of drug-likeness (QED) is 0.482. The molecular weight excluding hydrogens is 432 g/mol. The molecule has 2 aromatic rings. The van der Waals surface area contributed by atoms with Crippen molar-refractivity contribution in [2.45, 2.75) is 63.5 Å². The summed E-state index contributed by atoms with van der Waals surface area (Å²) in [5.74, 6) is -1.25. The number of carbonyl (C=O) groups excluding carboxylic acids is 2. The highest BCUT2D eigenvalue weighted by atomic mass is 16.5. The van der Waals surface area contributed by atoms with Gasteiger partial charge in [0.05, 0.1) is 6.42 Å². The Morgan fingerprint density at radius 3 is 2.24 bits per heavy atom. The van der Waals surface area contributed by atoms with Crippen LogP contribution < -0.4 is 10.6 Å². The molecule has 0 aliphatic heterocycles. The van der Waals surface area contributed by atoms with Crippen LogP contribution in [0.4, 0.5) is 4.79 Å². The SMILES string of the molecule is CCCCC(CC(=O)O)NC(=O)C1CC(NC(=O)OCC2c3ccccc3-c3ccccc32)C1. The van der Waals surface area contributed by atoms with Crippen LogP contribution in [0.2, 0.25) is 0 Å². The van der Waals surface area contributed by atoms with Crippen LogP contribution in [0.15, 0.2) is 48.5 Å². The van der Waals surface area contributed by atoms with E-state index in [4.69, 9.17) is 9.84 Å². The molecule has 1 atom stereocenters. The van der Waals surface area contributed by atoms with Gasteiger partial charge in [-0.25, -0.2) is 4.79 Å². The van der Waals surface area contributed by atoms with Crippen LogP contribution >= 0.6 is 0 Å². The summed E-state index contributed by atoms with van der Waals surface area (Å²) in [4.78, 5) is 36.0. The third-order valence-electron chi connectivity index (χ3n) is 6.85. The number of nitrogens with one attached hydrogen (secondary N) is 2. The number of carboxylic acids is 1. The number of carbonyl (C=O) groups is 3. The Morgan fingerprint density at radius 2 is 1.65 bits per heavy atom. The number of fused-ring (bicyclic) bond motifs is 3. The number of benzene rings is 2. The molecule has 1 fully saturated rings. The van der Waals surface area contributed by atoms with Gasteiger partial charge in [0.25, 0.3) is 0 Å². The van der Waals surface area contributed by atoms with Gasteiger partial charge in [0.2, 0.25) is 5.91 Å². The molecule has 1 unspecified atom stereocenters. The number of alkyl carbamates (subject to hydrolysis) is 1. The number of aliphatic carboxylic acids is 1. The molecular formula is C27H32N2O5. The van der Waals surface area contributed by atoms with Gasteiger partial charge in [0, 0.05) is 23.9 Å². The molecule has 4 rings (SSSR count). The lowest BCUT2D eigenvalue weighted by Gasteiger charge is -2.35. The summed E-state index contributed by atoms with van der Waals surface area (Å²) < 4.78 is 5.58. The second-order valence-electron chi connectivity index (χ2n) is 9.28. The zero-order valence-corrected chi connectivity index (χ0v) is 19.5. The minimum Gasteiger partial charge on any atom is -0.481 e. The molecule has 0 heterocycles. The molecule has 34 heavy (non-hydrogen) atoms. The molecule has 7 heteroatoms. The number of amides is 2. The largest absolute Gasteiger partial charge is 0.481 e. The van der Waals surface area contributed by atoms with E-state index in [9.17, 15) is 14.4 Å². The van der Waals surface area contributed by atoms with Gasteiger partial charge in [-0.15, -0.1) is 0 Å². The highest BCUT2D eigenvalue weighted by molar-refractivity contribution is 5.81. The average molecular weight is 465 g/mol. The second kappa shape index (κ2) is 10.7. The maximum Gasteiger partial charge on any atom is 0.407 e. The van der Waals surface area contributed by atoms with Crippen LogP contribution in [0.1, 0.15) is 62.5 Å². The van der Waals surface area contributed by atoms with Crippen molar-refractivity contribution in [3.05, 3.63) is 59.7 Å². The number of ether oxygens (including phenoxy) is 1. The lowest BCUT2D eigenvalue weighted by atomic mass is 9.79. The summed E-state index contributed by atoms with van der Waals surface area (Å²) in [7, 11) is 0. The first kappa shape index (κ1) is 23.8. The second-order valence-corrected chi connectivity index (χ2v) is 9.28. The van der Waals surface area contributed by atoms with Crippen molar-refractivity contribution in [2.75, 3.05) is 6.61 Å². The van der Waals surface area contributed by atoms with Gasteiger partial charge in [0.15, 0.2) is 0 Å². The van der Waals surface area contributed by atoms with Gasteiger partial charge in [-0.2, -0.15) is 0 Å². The molecule has 7 nitrogen and oxygen atoms in total. The minimum absolute atomic E-state index is 0.00681. The Morgan fingerprint density at radius 1 is 1.03 bits per heavy atom. The van der Waals surface area contributed by atoms with Crippen molar-refractivity contribution in [3.63, 3.8) is 0 Å². The molecule has 0 bridgehead atoms. The Balaban J connectivity index is 1.23. The molecule has 2 aliphatic carbocycles. The first-order chi connectivity index (χ1) is 16.5. The molecule has 0 spiro atoms. The maximum atomic E-state index is 12.5. The van der Waals surface area contributed by atoms with E-state index in [2.05, 4.69) is 34.9 Å². The summed E-state index contributed by atoms with van der Waals surface area (Å²) in [6.45, 7) is 2.29. The van der Waals surface area contributed by atoms with Crippen molar-refractivity contribution in [3.8, 4) is 11.1 Å². The smallest absolute Gasteiger partial charge is 0.407 e. The van der Waals surface area contributed by atoms with E-state index < -0.39 is 12.1 Å². The van der Waals surface area contributed by atoms with Crippen molar-refractivity contribution in [1.82, 2.24) is 10.6 Å². The van der Waals surface area contributed by atoms with Crippen LogP contribution in [0.3, 0.4) is 0 Å². The first-order valence-corrected chi connectivity index (χ1v) is 12.1. The third-order valence-corrected chi connectivity index (χ3v) is 6.85. The molecule has 1 saturated carbocycles. The fraction of sp³-hybridized carbons (Fsp3) is 0.444. The normalized spacial score (nSPS) is 19.3. The van der Waals surface area contributed by atoms with Gasteiger partial charge >= 0.3 is 12.1 Å². The standard InChI is InChI=1S/C27H32N2O5/c1-2-3-8-18(15-25(30)31)28-26(32)17-13-19(14-17)29-27(33)34-16-24-22-11-6-4-9-20(22)21-10-5-7-12-23(21)24/h4-7,9-12,17-19,24H,2-3,8,13-16H2,1H3,(H,28,32)(H,29,33)(H,30,31). The maximum absolute atomic E-state index is 12.5. The summed E-state index contributed by atoms with van der Waals surface area (Å²) >= 11 is 0. The van der Waals surface area contributed by atoms with Crippen molar-refractivity contribution in [2.24, 2.45) is 5.92 Å². The number of hydrogen-bond acceptors (Lipinski definition) is 4. The Hall–Kier alpha value is -3.35. The summed E-state index contributed by atoms with van der Waals surface area (Å²) in [5.41, 5.74) is 4.69. The zero-order chi connectivity index (χ0) is 24.1. The van der Waals surface area contributed by atoms with Gasteiger partial charge in [-0.1, -0.05) is 68.3 Å². The van der Waals surface area contributed by atoms with Gasteiger partial charge < -0.3 is 20.5 Å². The fourth-order valence-electron chi connectivity index (χ4n) is 4.96. The van der Waals surface area contributed by atoms with E-state index >= 15 is 0 Å². The molecule has 2 amide bonds. The van der Waals surface area contributed by atoms with E-state index in [-0.39, 0.29) is 42.9 Å². The first-order valence-electron chi connectivity index (χ1n) is 12.1. The molecule has 180 valence electrons. The van der Waals surface area contributed by atoms with Gasteiger partial charge in [-0.05, 0) is 41.5 Å². The van der Waals surface area contributed by atoms with E-state index in [0.717, 1.165) is 24.0 Å². The van der Waals surface area contributed by atoms with Crippen molar-refractivity contribution >= 4 is 18.0 Å². The third kappa shape index (κ3) is 5.41. The topological polar surface area (TPSA) is 105 Å². The van der Waals surface area contributed by atoms with Crippen LogP contribution in [0.25, 0.3) is 11.1 Å². The predicted octanol–water partition coefficient (Wildman–Crippen LogP) is 4.45. The number of unbranched alkanes of at least 4 members (excludes halogenated alkanes) is 1. The van der Waals surface area contributed by atoms with Crippen molar-refractivity contribution in [1.29, 1.82) is 0 Å². The molecule has 3 N–H and O–H groups in total. The molecule has 0 saturated heterocycles. The van der Waals surface area contributed by atoms with E-state index in [1.54, 1.807) is 0 Å². The van der Waals surface area contributed by atoms with Crippen LogP contribution in [0.5, 0.6) is 0 Å². The number of rotatable bonds is 10. The van der Waals surface area contributed by atoms with Crippen LogP contribution in [-0.2, 0) is 14.3 Å². The van der Waals surface area contributed by atoms with Crippen LogP contribution in [0, 0.1) is 5.92 Å². The molecule has 0 radical (unpaired) electrons. The lowest BCUT2D eigenvalue weighted by Crippen LogP contribution is -2.51. The molecule has 2 aliphatic rings. The van der Waals surface area contributed by atoms with E-state index in [1.807, 2.05) is 31.2 Å². The van der Waals surface area contributed by atoms with Crippen molar-refractivity contribution < 1.29 is 24.2 Å². The Labute approximate surface area is 199 Å². The summed E-state index contributed by atoms with van der Waals surface area (Å²) in [6.07, 6.45) is 2.99. The summed E-state index contributed by atoms with van der Waals surface area (Å²) in [6, 6.07) is 15.9. The predicted molar refractivity (Wildman–Crippen MR) is 128 cm³/mol. The van der Waals surface area contributed by atoms with E-state index in [0.29, 0.717) is 19.3 Å². The lowest BCUT2D eigenvalue weighted by molar-refractivity contribution is -0.138. The van der Waals surface area contributed by atoms with Gasteiger partial charge in [-0.3, -0.25) is 9.59 Å². The Bertz CT molecular complexity index is 1000. The molecule has 0 aromatic heterocycles. The summed E-state index contributed by atoms with van der Waals surface area (Å²) in [5, 5.41) is 14.8. The highest BCUT2D eigenvalue weighted by Crippen LogP contribution is 2.44. The fourth-order valence-corrected chi connectivity index (χ4v) is 4.96. The van der Waals surface area contributed by atoms with Crippen LogP contribution in [-0.4, -0.2) is 41.8 Å².